The van der Waals surface area contributed by atoms with Crippen LogP contribution in [0.5, 0.6) is 0 Å². The van der Waals surface area contributed by atoms with E-state index in [4.69, 9.17) is 14.6 Å². The summed E-state index contributed by atoms with van der Waals surface area (Å²) in [6.07, 6.45) is 7.97. The molecule has 2 atom stereocenters. The minimum absolute atomic E-state index is 0.0152. The number of carbonyl (C=O) groups is 1. The molecule has 1 unspecified atom stereocenters. The molecule has 1 heterocycles. The summed E-state index contributed by atoms with van der Waals surface area (Å²) < 4.78 is 10.6. The molecular weight excluding hydrogens is 234 g/mol. The summed E-state index contributed by atoms with van der Waals surface area (Å²) in [5.41, 5.74) is 0. The van der Waals surface area contributed by atoms with E-state index in [9.17, 15) is 4.79 Å². The van der Waals surface area contributed by atoms with Crippen LogP contribution in [0.25, 0.3) is 0 Å². The average molecular weight is 255 g/mol. The van der Waals surface area contributed by atoms with Crippen LogP contribution in [0.4, 0.5) is 4.79 Å². The minimum atomic E-state index is -0.223. The summed E-state index contributed by atoms with van der Waals surface area (Å²) in [6, 6.07) is 0.181. The number of hydrogen-bond acceptors (Lipinski definition) is 4. The predicted molar refractivity (Wildman–Crippen MR) is 66.3 cm³/mol. The van der Waals surface area contributed by atoms with Gasteiger partial charge in [0.2, 0.25) is 0 Å². The molecule has 0 saturated carbocycles. The molecular formula is C13H21NO4. The number of amides is 1. The molecule has 0 aromatic carbocycles. The lowest BCUT2D eigenvalue weighted by molar-refractivity contribution is 0.0747. The smallest absolute Gasteiger partial charge is 0.410 e. The van der Waals surface area contributed by atoms with E-state index < -0.39 is 0 Å². The molecule has 1 aliphatic carbocycles. The number of carbonyl (C=O) groups excluding carboxylic acids is 1. The maximum absolute atomic E-state index is 11.8. The molecule has 5 nitrogen and oxygen atoms in total. The van der Waals surface area contributed by atoms with E-state index in [0.717, 1.165) is 25.7 Å². The Bertz CT molecular complexity index is 305. The van der Waals surface area contributed by atoms with Gasteiger partial charge in [0.15, 0.2) is 0 Å². The highest BCUT2D eigenvalue weighted by Crippen LogP contribution is 2.28. The fourth-order valence-corrected chi connectivity index (χ4v) is 2.55. The van der Waals surface area contributed by atoms with Crippen molar-refractivity contribution in [1.82, 2.24) is 4.90 Å². The topological polar surface area (TPSA) is 59.0 Å². The van der Waals surface area contributed by atoms with E-state index in [1.807, 2.05) is 0 Å². The molecule has 0 bridgehead atoms. The van der Waals surface area contributed by atoms with Gasteiger partial charge in [-0.15, -0.1) is 0 Å². The second kappa shape index (κ2) is 6.75. The molecule has 0 radical (unpaired) electrons. The van der Waals surface area contributed by atoms with Crippen molar-refractivity contribution in [2.75, 3.05) is 26.4 Å². The molecule has 102 valence electrons. The Balaban J connectivity index is 1.87. The lowest BCUT2D eigenvalue weighted by Crippen LogP contribution is -2.39. The average Bonchev–Trinajstić information content (AvgIpc) is 2.61. The first kappa shape index (κ1) is 13.4. The lowest BCUT2D eigenvalue weighted by Gasteiger charge is -2.25. The van der Waals surface area contributed by atoms with Crippen LogP contribution < -0.4 is 0 Å². The van der Waals surface area contributed by atoms with E-state index in [-0.39, 0.29) is 24.8 Å². The van der Waals surface area contributed by atoms with Crippen LogP contribution in [0.15, 0.2) is 12.2 Å². The number of aliphatic hydroxyl groups is 1. The number of ether oxygens (including phenoxy) is 2. The van der Waals surface area contributed by atoms with Crippen LogP contribution in [0.1, 0.15) is 25.7 Å². The largest absolute Gasteiger partial charge is 0.444 e. The number of allylic oxidation sites excluding steroid dienone is 2. The Morgan fingerprint density at radius 3 is 2.89 bits per heavy atom. The first-order valence-corrected chi connectivity index (χ1v) is 6.64. The standard InChI is InChI=1S/C13H21NO4/c15-8-10-17-9-7-14-11-5-3-1-2-4-6-12(11)18-13(14)16/h1-2,11-12,15H,3-10H2/b2-1-/t11?,12-/m0/s1. The SMILES string of the molecule is O=C1O[C@H]2CC/C=C\CCC2N1CCOCCO. The van der Waals surface area contributed by atoms with Crippen LogP contribution in [-0.4, -0.2) is 54.6 Å². The molecule has 0 aromatic heterocycles. The molecule has 1 amide bonds. The van der Waals surface area contributed by atoms with E-state index in [2.05, 4.69) is 12.2 Å². The summed E-state index contributed by atoms with van der Waals surface area (Å²) in [6.45, 7) is 1.33. The molecule has 18 heavy (non-hydrogen) atoms. The lowest BCUT2D eigenvalue weighted by atomic mass is 9.98. The van der Waals surface area contributed by atoms with Gasteiger partial charge in [-0.2, -0.15) is 0 Å². The summed E-state index contributed by atoms with van der Waals surface area (Å²) in [5.74, 6) is 0. The van der Waals surface area contributed by atoms with Crippen LogP contribution in [-0.2, 0) is 9.47 Å². The Morgan fingerprint density at radius 1 is 1.33 bits per heavy atom. The highest BCUT2D eigenvalue weighted by atomic mass is 16.6. The molecule has 1 saturated heterocycles. The van der Waals surface area contributed by atoms with Crippen LogP contribution >= 0.6 is 0 Å². The first-order chi connectivity index (χ1) is 8.83. The second-order valence-corrected chi connectivity index (χ2v) is 4.65. The van der Waals surface area contributed by atoms with Crippen molar-refractivity contribution >= 4 is 6.09 Å². The van der Waals surface area contributed by atoms with Gasteiger partial charge in [-0.05, 0) is 25.7 Å². The Morgan fingerprint density at radius 2 is 2.11 bits per heavy atom. The normalized spacial score (nSPS) is 29.4. The van der Waals surface area contributed by atoms with Crippen molar-refractivity contribution in [3.05, 3.63) is 12.2 Å². The molecule has 2 rings (SSSR count). The summed E-state index contributed by atoms with van der Waals surface area (Å²) >= 11 is 0. The fraction of sp³-hybridized carbons (Fsp3) is 0.769. The summed E-state index contributed by atoms with van der Waals surface area (Å²) in [5, 5.41) is 8.63. The van der Waals surface area contributed by atoms with Gasteiger partial charge < -0.3 is 14.6 Å². The quantitative estimate of drug-likeness (QED) is 0.594. The number of hydrogen-bond donors (Lipinski definition) is 1. The van der Waals surface area contributed by atoms with Gasteiger partial charge in [0.25, 0.3) is 0 Å². The Kier molecular flexibility index (Phi) is 5.01. The highest BCUT2D eigenvalue weighted by Gasteiger charge is 2.40. The van der Waals surface area contributed by atoms with Gasteiger partial charge in [-0.1, -0.05) is 12.2 Å². The van der Waals surface area contributed by atoms with E-state index >= 15 is 0 Å². The van der Waals surface area contributed by atoms with Crippen molar-refractivity contribution in [3.63, 3.8) is 0 Å². The summed E-state index contributed by atoms with van der Waals surface area (Å²) in [7, 11) is 0. The van der Waals surface area contributed by atoms with E-state index in [1.54, 1.807) is 4.90 Å². The van der Waals surface area contributed by atoms with Gasteiger partial charge in [-0.25, -0.2) is 4.79 Å². The number of aliphatic hydroxyl groups excluding tert-OH is 1. The molecule has 1 aliphatic heterocycles. The van der Waals surface area contributed by atoms with Gasteiger partial charge >= 0.3 is 6.09 Å². The van der Waals surface area contributed by atoms with Crippen molar-refractivity contribution in [2.24, 2.45) is 0 Å². The van der Waals surface area contributed by atoms with E-state index in [0.29, 0.717) is 19.8 Å². The van der Waals surface area contributed by atoms with E-state index in [1.165, 1.54) is 0 Å². The maximum atomic E-state index is 11.8. The predicted octanol–water partition coefficient (Wildman–Crippen LogP) is 1.31. The van der Waals surface area contributed by atoms with Gasteiger partial charge in [0.05, 0.1) is 25.9 Å². The molecule has 1 N–H and O–H groups in total. The Hall–Kier alpha value is -1.07. The van der Waals surface area contributed by atoms with Crippen molar-refractivity contribution in [1.29, 1.82) is 0 Å². The molecule has 5 heteroatoms. The minimum Gasteiger partial charge on any atom is -0.444 e. The molecule has 0 aromatic rings. The first-order valence-electron chi connectivity index (χ1n) is 6.64. The third-order valence-electron chi connectivity index (χ3n) is 3.44. The van der Waals surface area contributed by atoms with Crippen molar-refractivity contribution in [2.45, 2.75) is 37.8 Å². The monoisotopic (exact) mass is 255 g/mol. The van der Waals surface area contributed by atoms with Crippen molar-refractivity contribution in [3.8, 4) is 0 Å². The molecule has 1 fully saturated rings. The zero-order valence-corrected chi connectivity index (χ0v) is 10.6. The Labute approximate surface area is 107 Å². The van der Waals surface area contributed by atoms with Crippen LogP contribution in [0, 0.1) is 0 Å². The third-order valence-corrected chi connectivity index (χ3v) is 3.44. The third kappa shape index (κ3) is 3.23. The fourth-order valence-electron chi connectivity index (χ4n) is 2.55. The van der Waals surface area contributed by atoms with Crippen LogP contribution in [0.2, 0.25) is 0 Å². The zero-order chi connectivity index (χ0) is 12.8. The highest BCUT2D eigenvalue weighted by molar-refractivity contribution is 5.70. The number of fused-ring (bicyclic) bond motifs is 1. The number of rotatable bonds is 5. The van der Waals surface area contributed by atoms with Crippen LogP contribution in [0.3, 0.4) is 0 Å². The van der Waals surface area contributed by atoms with Crippen molar-refractivity contribution < 1.29 is 19.4 Å². The zero-order valence-electron chi connectivity index (χ0n) is 10.6. The van der Waals surface area contributed by atoms with Gasteiger partial charge in [0.1, 0.15) is 6.10 Å². The molecule has 2 aliphatic rings. The number of nitrogens with zero attached hydrogens (tertiary/aromatic N) is 1. The maximum Gasteiger partial charge on any atom is 0.410 e. The van der Waals surface area contributed by atoms with Gasteiger partial charge in [0, 0.05) is 6.54 Å². The summed E-state index contributed by atoms with van der Waals surface area (Å²) in [4.78, 5) is 13.6. The van der Waals surface area contributed by atoms with Gasteiger partial charge in [-0.3, -0.25) is 4.90 Å². The second-order valence-electron chi connectivity index (χ2n) is 4.65. The molecule has 0 spiro atoms.